The minimum absolute atomic E-state index is 0.0820. The predicted octanol–water partition coefficient (Wildman–Crippen LogP) is 3.90. The van der Waals surface area contributed by atoms with Crippen LogP contribution in [0.1, 0.15) is 19.5 Å². The van der Waals surface area contributed by atoms with Crippen molar-refractivity contribution in [1.82, 2.24) is 4.98 Å². The monoisotopic (exact) mass is 297 g/mol. The third kappa shape index (κ3) is 1.75. The Balaban J connectivity index is 2.78. The number of benzene rings is 1. The zero-order valence-corrected chi connectivity index (χ0v) is 10.4. The molecule has 0 unspecified atom stereocenters. The summed E-state index contributed by atoms with van der Waals surface area (Å²) in [6.45, 7) is 4.37. The molecule has 0 N–H and O–H groups in total. The third-order valence-corrected chi connectivity index (χ3v) is 2.75. The Hall–Kier alpha value is -0.640. The van der Waals surface area contributed by atoms with Gasteiger partial charge in [-0.2, -0.15) is 0 Å². The van der Waals surface area contributed by atoms with Crippen LogP contribution in [0.2, 0.25) is 0 Å². The predicted molar refractivity (Wildman–Crippen MR) is 68.8 cm³/mol. The summed E-state index contributed by atoms with van der Waals surface area (Å²) in [4.78, 5) is 4.47. The maximum atomic E-state index is 4.47. The van der Waals surface area contributed by atoms with E-state index in [0.29, 0.717) is 0 Å². The van der Waals surface area contributed by atoms with Crippen LogP contribution in [0.15, 0.2) is 36.5 Å². The Kier molecular flexibility index (Phi) is 2.47. The van der Waals surface area contributed by atoms with E-state index < -0.39 is 0 Å². The number of nitrogens with zero attached hydrogens (tertiary/aromatic N) is 1. The Labute approximate surface area is 97.7 Å². The summed E-state index contributed by atoms with van der Waals surface area (Å²) in [5, 5.41) is 2.52. The zero-order valence-electron chi connectivity index (χ0n) is 8.29. The molecule has 0 aliphatic rings. The molecule has 0 spiro atoms. The first-order chi connectivity index (χ1) is 6.59. The molecule has 14 heavy (non-hydrogen) atoms. The van der Waals surface area contributed by atoms with Gasteiger partial charge in [0.1, 0.15) is 0 Å². The van der Waals surface area contributed by atoms with Crippen LogP contribution in [-0.4, -0.2) is 4.98 Å². The van der Waals surface area contributed by atoms with Crippen LogP contribution in [0.4, 0.5) is 0 Å². The molecule has 0 bridgehead atoms. The first kappa shape index (κ1) is 9.90. The minimum Gasteiger partial charge on any atom is -0.259 e. The van der Waals surface area contributed by atoms with Crippen molar-refractivity contribution in [3.8, 4) is 0 Å². The lowest BCUT2D eigenvalue weighted by Crippen LogP contribution is -2.09. The molecular formula is C12H12IN. The van der Waals surface area contributed by atoms with Gasteiger partial charge in [0.2, 0.25) is 0 Å². The normalized spacial score (nSPS) is 11.9. The van der Waals surface area contributed by atoms with Gasteiger partial charge in [0.15, 0.2) is 0 Å². The molecule has 2 aromatic rings. The molecule has 0 amide bonds. The first-order valence-electron chi connectivity index (χ1n) is 4.62. The lowest BCUT2D eigenvalue weighted by molar-refractivity contribution is 0.798. The maximum absolute atomic E-state index is 4.47. The van der Waals surface area contributed by atoms with Gasteiger partial charge in [0.25, 0.3) is 0 Å². The highest BCUT2D eigenvalue weighted by molar-refractivity contribution is 14.1. The van der Waals surface area contributed by atoms with Crippen molar-refractivity contribution in [3.63, 3.8) is 0 Å². The molecule has 0 saturated carbocycles. The average molecular weight is 297 g/mol. The molecule has 1 aromatic carbocycles. The van der Waals surface area contributed by atoms with E-state index in [1.807, 2.05) is 6.20 Å². The molecule has 2 rings (SSSR count). The number of hydrogen-bond donors (Lipinski definition) is 0. The highest BCUT2D eigenvalue weighted by Crippen LogP contribution is 2.33. The van der Waals surface area contributed by atoms with Crippen LogP contribution in [0, 0.1) is 0 Å². The third-order valence-electron chi connectivity index (χ3n) is 2.24. The van der Waals surface area contributed by atoms with E-state index in [1.54, 1.807) is 0 Å². The van der Waals surface area contributed by atoms with Gasteiger partial charge in [-0.1, -0.05) is 46.9 Å². The van der Waals surface area contributed by atoms with E-state index in [1.165, 1.54) is 10.8 Å². The van der Waals surface area contributed by atoms with Crippen molar-refractivity contribution < 1.29 is 0 Å². The van der Waals surface area contributed by atoms with Crippen molar-refractivity contribution in [2.75, 3.05) is 0 Å². The van der Waals surface area contributed by atoms with Crippen molar-refractivity contribution in [2.45, 2.75) is 17.3 Å². The van der Waals surface area contributed by atoms with Crippen molar-refractivity contribution in [1.29, 1.82) is 0 Å². The minimum atomic E-state index is 0.0820. The Bertz CT molecular complexity index is 452. The largest absolute Gasteiger partial charge is 0.259 e. The van der Waals surface area contributed by atoms with Crippen LogP contribution in [0.3, 0.4) is 0 Å². The summed E-state index contributed by atoms with van der Waals surface area (Å²) in [5.41, 5.74) is 1.16. The number of fused-ring (bicyclic) bond motifs is 1. The summed E-state index contributed by atoms with van der Waals surface area (Å²) >= 11 is 2.43. The fourth-order valence-electron chi connectivity index (χ4n) is 1.59. The van der Waals surface area contributed by atoms with Crippen LogP contribution in [0.25, 0.3) is 10.8 Å². The smallest absolute Gasteiger partial charge is 0.0635 e. The number of halogens is 1. The van der Waals surface area contributed by atoms with E-state index in [-0.39, 0.29) is 3.42 Å². The lowest BCUT2D eigenvalue weighted by atomic mass is 10.0. The fourth-order valence-corrected chi connectivity index (χ4v) is 2.02. The summed E-state index contributed by atoms with van der Waals surface area (Å²) in [6.07, 6.45) is 1.89. The van der Waals surface area contributed by atoms with Crippen molar-refractivity contribution >= 4 is 33.4 Å². The maximum Gasteiger partial charge on any atom is 0.0635 e. The van der Waals surface area contributed by atoms with Gasteiger partial charge in [0.05, 0.1) is 9.12 Å². The number of alkyl halides is 1. The molecule has 0 fully saturated rings. The second kappa shape index (κ2) is 3.50. The van der Waals surface area contributed by atoms with E-state index in [4.69, 9.17) is 0 Å². The summed E-state index contributed by atoms with van der Waals surface area (Å²) < 4.78 is 0.0820. The highest BCUT2D eigenvalue weighted by atomic mass is 127. The summed E-state index contributed by atoms with van der Waals surface area (Å²) in [7, 11) is 0. The first-order valence-corrected chi connectivity index (χ1v) is 5.70. The van der Waals surface area contributed by atoms with Crippen LogP contribution < -0.4 is 0 Å². The van der Waals surface area contributed by atoms with Crippen molar-refractivity contribution in [3.05, 3.63) is 42.2 Å². The molecule has 0 radical (unpaired) electrons. The van der Waals surface area contributed by atoms with Crippen LogP contribution in [0.5, 0.6) is 0 Å². The number of aromatic nitrogens is 1. The SMILES string of the molecule is CC(C)(I)c1nccc2ccccc12. The highest BCUT2D eigenvalue weighted by Gasteiger charge is 2.19. The molecular weight excluding hydrogens is 285 g/mol. The van der Waals surface area contributed by atoms with Gasteiger partial charge in [0, 0.05) is 11.6 Å². The number of hydrogen-bond acceptors (Lipinski definition) is 1. The molecule has 0 aliphatic heterocycles. The van der Waals surface area contributed by atoms with Gasteiger partial charge in [-0.05, 0) is 25.3 Å². The molecule has 1 aromatic heterocycles. The molecule has 1 heterocycles. The quantitative estimate of drug-likeness (QED) is 0.574. The molecule has 72 valence electrons. The van der Waals surface area contributed by atoms with Gasteiger partial charge >= 0.3 is 0 Å². The van der Waals surface area contributed by atoms with Gasteiger partial charge < -0.3 is 0 Å². The molecule has 1 nitrogen and oxygen atoms in total. The van der Waals surface area contributed by atoms with Crippen LogP contribution in [-0.2, 0) is 3.42 Å². The number of pyridine rings is 1. The van der Waals surface area contributed by atoms with Gasteiger partial charge in [-0.3, -0.25) is 4.98 Å². The van der Waals surface area contributed by atoms with E-state index in [2.05, 4.69) is 71.8 Å². The fraction of sp³-hybridized carbons (Fsp3) is 0.250. The summed E-state index contributed by atoms with van der Waals surface area (Å²) in [5.74, 6) is 0. The van der Waals surface area contributed by atoms with Gasteiger partial charge in [-0.15, -0.1) is 0 Å². The average Bonchev–Trinajstić information content (AvgIpc) is 2.15. The zero-order chi connectivity index (χ0) is 10.2. The second-order valence-corrected chi connectivity index (χ2v) is 6.55. The Morgan fingerprint density at radius 2 is 1.86 bits per heavy atom. The summed E-state index contributed by atoms with van der Waals surface area (Å²) in [6, 6.07) is 10.4. The van der Waals surface area contributed by atoms with E-state index >= 15 is 0 Å². The van der Waals surface area contributed by atoms with E-state index in [9.17, 15) is 0 Å². The van der Waals surface area contributed by atoms with E-state index in [0.717, 1.165) is 5.69 Å². The Morgan fingerprint density at radius 3 is 2.57 bits per heavy atom. The second-order valence-electron chi connectivity index (χ2n) is 3.85. The molecule has 0 atom stereocenters. The number of rotatable bonds is 1. The topological polar surface area (TPSA) is 12.9 Å². The Morgan fingerprint density at radius 1 is 1.14 bits per heavy atom. The van der Waals surface area contributed by atoms with Crippen molar-refractivity contribution in [2.24, 2.45) is 0 Å². The standard InChI is InChI=1S/C12H12IN/c1-12(2,13)11-10-6-4-3-5-9(10)7-8-14-11/h3-8H,1-2H3. The van der Waals surface area contributed by atoms with Crippen LogP contribution >= 0.6 is 22.6 Å². The van der Waals surface area contributed by atoms with Gasteiger partial charge in [-0.25, -0.2) is 0 Å². The molecule has 2 heteroatoms. The molecule has 0 aliphatic carbocycles. The lowest BCUT2D eigenvalue weighted by Gasteiger charge is -2.17. The molecule has 0 saturated heterocycles.